The fourth-order valence-corrected chi connectivity index (χ4v) is 0. The first kappa shape index (κ1) is 36.4. The first-order valence-electron chi connectivity index (χ1n) is 4.41. The summed E-state index contributed by atoms with van der Waals surface area (Å²) in [5, 5.41) is 43.7. The summed E-state index contributed by atoms with van der Waals surface area (Å²) in [7, 11) is 3.00. The minimum absolute atomic E-state index is 0.250. The van der Waals surface area contributed by atoms with Crippen molar-refractivity contribution in [3.05, 3.63) is 0 Å². The SMILES string of the molecule is CCO.CCO.CCO.CO.CO.CO. The highest BCUT2D eigenvalue weighted by Gasteiger charge is 1.35. The Morgan fingerprint density at radius 1 is 0.467 bits per heavy atom. The highest BCUT2D eigenvalue weighted by molar-refractivity contribution is 3.84. The molecule has 0 aliphatic rings. The smallest absolute Gasteiger partial charge is 0.0402 e. The van der Waals surface area contributed by atoms with Crippen molar-refractivity contribution in [2.24, 2.45) is 0 Å². The van der Waals surface area contributed by atoms with Gasteiger partial charge >= 0.3 is 0 Å². The van der Waals surface area contributed by atoms with Crippen molar-refractivity contribution in [2.75, 3.05) is 41.2 Å². The van der Waals surface area contributed by atoms with Gasteiger partial charge in [0.15, 0.2) is 0 Å². The van der Waals surface area contributed by atoms with Crippen molar-refractivity contribution in [3.63, 3.8) is 0 Å². The first-order valence-corrected chi connectivity index (χ1v) is 4.41. The van der Waals surface area contributed by atoms with Gasteiger partial charge in [-0.3, -0.25) is 0 Å². The van der Waals surface area contributed by atoms with Gasteiger partial charge in [-0.25, -0.2) is 0 Å². The molecule has 6 N–H and O–H groups in total. The molecule has 0 bridgehead atoms. The molecular weight excluding hydrogens is 204 g/mol. The second-order valence-electron chi connectivity index (χ2n) is 0.949. The van der Waals surface area contributed by atoms with Crippen LogP contribution in [0.4, 0.5) is 0 Å². The third-order valence-corrected chi connectivity index (χ3v) is 0. The molecule has 6 nitrogen and oxygen atoms in total. The average Bonchev–Trinajstić information content (AvgIpc) is 2.29. The molecule has 6 heteroatoms. The zero-order valence-electron chi connectivity index (χ0n) is 10.8. The summed E-state index contributed by atoms with van der Waals surface area (Å²) < 4.78 is 0. The quantitative estimate of drug-likeness (QED) is 0.314. The van der Waals surface area contributed by atoms with Crippen LogP contribution in [0.1, 0.15) is 20.8 Å². The maximum atomic E-state index is 7.57. The van der Waals surface area contributed by atoms with Gasteiger partial charge in [-0.1, -0.05) is 0 Å². The third kappa shape index (κ3) is 33000. The van der Waals surface area contributed by atoms with E-state index in [1.54, 1.807) is 20.8 Å². The van der Waals surface area contributed by atoms with Gasteiger partial charge in [-0.2, -0.15) is 0 Å². The number of aliphatic hydroxyl groups excluding tert-OH is 6. The Morgan fingerprint density at radius 3 is 0.467 bits per heavy atom. The van der Waals surface area contributed by atoms with E-state index in [0.29, 0.717) is 0 Å². The monoisotopic (exact) mass is 234 g/mol. The van der Waals surface area contributed by atoms with Crippen LogP contribution >= 0.6 is 0 Å². The van der Waals surface area contributed by atoms with E-state index in [0.717, 1.165) is 21.3 Å². The molecule has 15 heavy (non-hydrogen) atoms. The molecule has 0 aromatic rings. The van der Waals surface area contributed by atoms with E-state index >= 15 is 0 Å². The Hall–Kier alpha value is -0.240. The molecule has 0 saturated heterocycles. The second-order valence-corrected chi connectivity index (χ2v) is 0.949. The van der Waals surface area contributed by atoms with Crippen LogP contribution in [0.3, 0.4) is 0 Å². The molecule has 0 aromatic carbocycles. The lowest BCUT2D eigenvalue weighted by Gasteiger charge is -1.52. The molecular formula is C9H30O6. The summed E-state index contributed by atoms with van der Waals surface area (Å²) in [5.74, 6) is 0. The molecule has 102 valence electrons. The van der Waals surface area contributed by atoms with Crippen LogP contribution < -0.4 is 0 Å². The molecule has 0 aromatic heterocycles. The lowest BCUT2D eigenvalue weighted by atomic mass is 10.9. The van der Waals surface area contributed by atoms with Crippen LogP contribution in [0.2, 0.25) is 0 Å². The molecule has 0 atom stereocenters. The maximum absolute atomic E-state index is 7.57. The van der Waals surface area contributed by atoms with Gasteiger partial charge in [-0.15, -0.1) is 0 Å². The topological polar surface area (TPSA) is 121 Å². The number of rotatable bonds is 0. The second kappa shape index (κ2) is 294. The minimum Gasteiger partial charge on any atom is -0.400 e. The van der Waals surface area contributed by atoms with Crippen LogP contribution in [0.5, 0.6) is 0 Å². The molecule has 0 saturated carbocycles. The average molecular weight is 234 g/mol. The number of hydrogen-bond acceptors (Lipinski definition) is 6. The Labute approximate surface area is 93.5 Å². The van der Waals surface area contributed by atoms with E-state index in [4.69, 9.17) is 30.6 Å². The van der Waals surface area contributed by atoms with Crippen molar-refractivity contribution in [2.45, 2.75) is 20.8 Å². The van der Waals surface area contributed by atoms with Gasteiger partial charge in [0, 0.05) is 41.2 Å². The van der Waals surface area contributed by atoms with E-state index < -0.39 is 0 Å². The fourth-order valence-electron chi connectivity index (χ4n) is 0. The molecule has 0 aliphatic heterocycles. The lowest BCUT2D eigenvalue weighted by Crippen LogP contribution is -1.57. The lowest BCUT2D eigenvalue weighted by molar-refractivity contribution is 0.318. The van der Waals surface area contributed by atoms with Crippen LogP contribution in [-0.2, 0) is 0 Å². The summed E-state index contributed by atoms with van der Waals surface area (Å²) in [6, 6.07) is 0. The normalized spacial score (nSPS) is 4.80. The van der Waals surface area contributed by atoms with Crippen LogP contribution in [0.15, 0.2) is 0 Å². The van der Waals surface area contributed by atoms with Gasteiger partial charge in [0.05, 0.1) is 0 Å². The highest BCUT2D eigenvalue weighted by Crippen LogP contribution is 1.30. The predicted molar refractivity (Wildman–Crippen MR) is 62.7 cm³/mol. The Balaban J connectivity index is -0.0000000164. The zero-order chi connectivity index (χ0) is 14.1. The molecule has 0 rings (SSSR count). The van der Waals surface area contributed by atoms with Gasteiger partial charge in [0.2, 0.25) is 0 Å². The Morgan fingerprint density at radius 2 is 0.467 bits per heavy atom. The molecule has 0 heterocycles. The summed E-state index contributed by atoms with van der Waals surface area (Å²) in [6.07, 6.45) is 0. The fraction of sp³-hybridized carbons (Fsp3) is 1.00. The molecule has 0 radical (unpaired) electrons. The van der Waals surface area contributed by atoms with Crippen molar-refractivity contribution < 1.29 is 30.6 Å². The van der Waals surface area contributed by atoms with E-state index in [1.165, 1.54) is 0 Å². The largest absolute Gasteiger partial charge is 0.400 e. The molecule has 0 aliphatic carbocycles. The molecule has 0 unspecified atom stereocenters. The predicted octanol–water partition coefficient (Wildman–Crippen LogP) is -1.18. The third-order valence-electron chi connectivity index (χ3n) is 0. The van der Waals surface area contributed by atoms with Crippen LogP contribution in [0, 0.1) is 0 Å². The van der Waals surface area contributed by atoms with Crippen molar-refractivity contribution in [3.8, 4) is 0 Å². The van der Waals surface area contributed by atoms with Crippen molar-refractivity contribution in [1.82, 2.24) is 0 Å². The van der Waals surface area contributed by atoms with E-state index in [9.17, 15) is 0 Å². The van der Waals surface area contributed by atoms with E-state index in [-0.39, 0.29) is 19.8 Å². The standard InChI is InChI=1S/3C2H6O.3CH4O/c3*1-2-3;3*1-2/h3*3H,2H2,1H3;3*2H,1H3. The first-order chi connectivity index (χ1) is 7.24. The molecule has 0 fully saturated rings. The summed E-state index contributed by atoms with van der Waals surface area (Å²) in [5.41, 5.74) is 0. The molecule has 0 spiro atoms. The Bertz CT molecular complexity index is 19.3. The summed E-state index contributed by atoms with van der Waals surface area (Å²) in [6.45, 7) is 5.79. The summed E-state index contributed by atoms with van der Waals surface area (Å²) in [4.78, 5) is 0. The van der Waals surface area contributed by atoms with Crippen molar-refractivity contribution in [1.29, 1.82) is 0 Å². The van der Waals surface area contributed by atoms with Gasteiger partial charge in [-0.05, 0) is 20.8 Å². The van der Waals surface area contributed by atoms with Crippen LogP contribution in [0.25, 0.3) is 0 Å². The van der Waals surface area contributed by atoms with E-state index in [1.807, 2.05) is 0 Å². The highest BCUT2D eigenvalue weighted by atomic mass is 16.3. The maximum Gasteiger partial charge on any atom is 0.0402 e. The van der Waals surface area contributed by atoms with Gasteiger partial charge in [0.1, 0.15) is 0 Å². The Kier molecular flexibility index (Phi) is 714. The summed E-state index contributed by atoms with van der Waals surface area (Å²) >= 11 is 0. The van der Waals surface area contributed by atoms with Gasteiger partial charge in [0.25, 0.3) is 0 Å². The van der Waals surface area contributed by atoms with E-state index in [2.05, 4.69) is 0 Å². The van der Waals surface area contributed by atoms with Crippen molar-refractivity contribution >= 4 is 0 Å². The number of hydrogen-bond donors (Lipinski definition) is 6. The zero-order valence-corrected chi connectivity index (χ0v) is 10.8. The molecule has 0 amide bonds. The van der Waals surface area contributed by atoms with Crippen LogP contribution in [-0.4, -0.2) is 71.8 Å². The number of aliphatic hydroxyl groups is 6. The van der Waals surface area contributed by atoms with Gasteiger partial charge < -0.3 is 30.6 Å². The minimum atomic E-state index is 0.250.